The summed E-state index contributed by atoms with van der Waals surface area (Å²) in [5.74, 6) is 0. The Morgan fingerprint density at radius 3 is 2.47 bits per heavy atom. The predicted octanol–water partition coefficient (Wildman–Crippen LogP) is 4.64. The number of aryl methyl sites for hydroxylation is 1. The smallest absolute Gasteiger partial charge is 0.0701 e. The molecule has 2 rings (SSSR count). The Kier molecular flexibility index (Phi) is 4.79. The highest BCUT2D eigenvalue weighted by molar-refractivity contribution is 9.11. The maximum atomic E-state index is 3.52. The van der Waals surface area contributed by atoms with Crippen molar-refractivity contribution in [1.29, 1.82) is 0 Å². The lowest BCUT2D eigenvalue weighted by molar-refractivity contribution is 0.607. The molecule has 1 nitrogen and oxygen atoms in total. The van der Waals surface area contributed by atoms with Crippen molar-refractivity contribution in [3.05, 3.63) is 42.7 Å². The number of halogens is 1. The molecule has 1 unspecified atom stereocenters. The van der Waals surface area contributed by atoms with Gasteiger partial charge < -0.3 is 5.32 Å². The van der Waals surface area contributed by atoms with Gasteiger partial charge in [0, 0.05) is 27.1 Å². The Balaban J connectivity index is 2.10. The number of hydrogen-bond acceptors (Lipinski definition) is 3. The minimum atomic E-state index is 0.436. The highest BCUT2D eigenvalue weighted by atomic mass is 79.9. The van der Waals surface area contributed by atoms with Crippen molar-refractivity contribution in [2.45, 2.75) is 25.8 Å². The van der Waals surface area contributed by atoms with Crippen LogP contribution in [0.1, 0.15) is 27.6 Å². The van der Waals surface area contributed by atoms with Gasteiger partial charge in [-0.1, -0.05) is 6.92 Å². The molecular formula is C13H16BrNS2. The molecule has 0 amide bonds. The van der Waals surface area contributed by atoms with E-state index in [0.29, 0.717) is 6.04 Å². The van der Waals surface area contributed by atoms with Gasteiger partial charge in [0.1, 0.15) is 0 Å². The van der Waals surface area contributed by atoms with Crippen LogP contribution < -0.4 is 5.32 Å². The fourth-order valence-corrected chi connectivity index (χ4v) is 4.37. The summed E-state index contributed by atoms with van der Waals surface area (Å²) in [5.41, 5.74) is 0. The Morgan fingerprint density at radius 2 is 1.94 bits per heavy atom. The van der Waals surface area contributed by atoms with Crippen LogP contribution in [-0.4, -0.2) is 7.05 Å². The number of likely N-dealkylation sites (N-methyl/N-ethyl adjacent to an activating group) is 1. The Morgan fingerprint density at radius 1 is 1.18 bits per heavy atom. The lowest BCUT2D eigenvalue weighted by Gasteiger charge is -2.13. The van der Waals surface area contributed by atoms with Crippen LogP contribution >= 0.6 is 38.6 Å². The van der Waals surface area contributed by atoms with Crippen molar-refractivity contribution in [2.75, 3.05) is 7.05 Å². The molecule has 1 N–H and O–H groups in total. The van der Waals surface area contributed by atoms with Gasteiger partial charge in [0.05, 0.1) is 3.79 Å². The largest absolute Gasteiger partial charge is 0.312 e. The quantitative estimate of drug-likeness (QED) is 0.842. The minimum absolute atomic E-state index is 0.436. The first-order chi connectivity index (χ1) is 8.22. The summed E-state index contributed by atoms with van der Waals surface area (Å²) >= 11 is 7.26. The molecule has 0 saturated carbocycles. The standard InChI is InChI=1S/C13H16BrNS2/c1-3-9-4-6-12(16-9)11(15-2)8-10-5-7-13(14)17-10/h4-7,11,15H,3,8H2,1-2H3. The van der Waals surface area contributed by atoms with Crippen LogP contribution in [0.2, 0.25) is 0 Å². The van der Waals surface area contributed by atoms with Gasteiger partial charge in [-0.25, -0.2) is 0 Å². The minimum Gasteiger partial charge on any atom is -0.312 e. The zero-order valence-electron chi connectivity index (χ0n) is 10.00. The zero-order chi connectivity index (χ0) is 12.3. The van der Waals surface area contributed by atoms with Crippen LogP contribution in [0.4, 0.5) is 0 Å². The Labute approximate surface area is 119 Å². The second-order valence-corrected chi connectivity index (χ2v) is 7.66. The molecule has 0 fully saturated rings. The van der Waals surface area contributed by atoms with Crippen LogP contribution in [0.15, 0.2) is 28.1 Å². The molecule has 0 spiro atoms. The third-order valence-corrected chi connectivity index (χ3v) is 5.75. The van der Waals surface area contributed by atoms with E-state index in [-0.39, 0.29) is 0 Å². The van der Waals surface area contributed by atoms with Crippen LogP contribution in [0.3, 0.4) is 0 Å². The van der Waals surface area contributed by atoms with E-state index in [1.54, 1.807) is 0 Å². The molecule has 0 radical (unpaired) electrons. The van der Waals surface area contributed by atoms with Crippen molar-refractivity contribution in [1.82, 2.24) is 5.32 Å². The second-order valence-electron chi connectivity index (χ2n) is 3.91. The maximum absolute atomic E-state index is 3.52. The van der Waals surface area contributed by atoms with E-state index in [1.165, 1.54) is 18.4 Å². The first-order valence-electron chi connectivity index (χ1n) is 5.73. The maximum Gasteiger partial charge on any atom is 0.0701 e. The molecule has 17 heavy (non-hydrogen) atoms. The summed E-state index contributed by atoms with van der Waals surface area (Å²) in [6.45, 7) is 2.21. The summed E-state index contributed by atoms with van der Waals surface area (Å²) < 4.78 is 1.21. The third kappa shape index (κ3) is 3.41. The van der Waals surface area contributed by atoms with E-state index >= 15 is 0 Å². The number of thiophene rings is 2. The van der Waals surface area contributed by atoms with Gasteiger partial charge >= 0.3 is 0 Å². The van der Waals surface area contributed by atoms with Crippen molar-refractivity contribution >= 4 is 38.6 Å². The van der Waals surface area contributed by atoms with Gasteiger partial charge in [-0.2, -0.15) is 0 Å². The van der Waals surface area contributed by atoms with Crippen molar-refractivity contribution < 1.29 is 0 Å². The van der Waals surface area contributed by atoms with Gasteiger partial charge in [0.15, 0.2) is 0 Å². The van der Waals surface area contributed by atoms with Crippen LogP contribution in [0.5, 0.6) is 0 Å². The fourth-order valence-electron chi connectivity index (χ4n) is 1.78. The normalized spacial score (nSPS) is 12.9. The highest BCUT2D eigenvalue weighted by Gasteiger charge is 2.13. The first kappa shape index (κ1) is 13.3. The van der Waals surface area contributed by atoms with E-state index in [2.05, 4.69) is 52.4 Å². The van der Waals surface area contributed by atoms with Crippen LogP contribution in [-0.2, 0) is 12.8 Å². The summed E-state index contributed by atoms with van der Waals surface area (Å²) in [6, 6.07) is 9.26. The molecule has 4 heteroatoms. The summed E-state index contributed by atoms with van der Waals surface area (Å²) in [7, 11) is 2.04. The molecule has 0 aromatic carbocycles. The average Bonchev–Trinajstić information content (AvgIpc) is 2.94. The topological polar surface area (TPSA) is 12.0 Å². The number of nitrogens with one attached hydrogen (secondary N) is 1. The molecule has 0 bridgehead atoms. The lowest BCUT2D eigenvalue weighted by atomic mass is 10.1. The summed E-state index contributed by atoms with van der Waals surface area (Å²) in [5, 5.41) is 3.42. The highest BCUT2D eigenvalue weighted by Crippen LogP contribution is 2.30. The molecule has 0 saturated heterocycles. The van der Waals surface area contributed by atoms with Crippen molar-refractivity contribution in [2.24, 2.45) is 0 Å². The van der Waals surface area contributed by atoms with Gasteiger partial charge in [0.2, 0.25) is 0 Å². The Hall–Kier alpha value is -0.160. The second kappa shape index (κ2) is 6.14. The third-order valence-electron chi connectivity index (χ3n) is 2.76. The average molecular weight is 330 g/mol. The van der Waals surface area contributed by atoms with E-state index in [0.717, 1.165) is 12.8 Å². The van der Waals surface area contributed by atoms with Crippen molar-refractivity contribution in [3.8, 4) is 0 Å². The fraction of sp³-hybridized carbons (Fsp3) is 0.385. The molecule has 2 aromatic heterocycles. The lowest BCUT2D eigenvalue weighted by Crippen LogP contribution is -2.17. The molecule has 0 aliphatic heterocycles. The van der Waals surface area contributed by atoms with Crippen molar-refractivity contribution in [3.63, 3.8) is 0 Å². The Bertz CT molecular complexity index is 475. The van der Waals surface area contributed by atoms with E-state index in [1.807, 2.05) is 29.7 Å². The molecule has 2 aromatic rings. The molecule has 2 heterocycles. The SMILES string of the molecule is CCc1ccc(C(Cc2ccc(Br)s2)NC)s1. The number of rotatable bonds is 5. The molecule has 0 aliphatic rings. The monoisotopic (exact) mass is 329 g/mol. The van der Waals surface area contributed by atoms with Gasteiger partial charge in [0.25, 0.3) is 0 Å². The van der Waals surface area contributed by atoms with Gasteiger partial charge in [-0.05, 0) is 53.7 Å². The summed E-state index contributed by atoms with van der Waals surface area (Å²) in [6.07, 6.45) is 2.20. The van der Waals surface area contributed by atoms with Gasteiger partial charge in [-0.3, -0.25) is 0 Å². The molecule has 0 aliphatic carbocycles. The molecule has 92 valence electrons. The van der Waals surface area contributed by atoms with E-state index in [9.17, 15) is 0 Å². The van der Waals surface area contributed by atoms with E-state index in [4.69, 9.17) is 0 Å². The first-order valence-corrected chi connectivity index (χ1v) is 8.15. The number of hydrogen-bond donors (Lipinski definition) is 1. The van der Waals surface area contributed by atoms with Crippen LogP contribution in [0, 0.1) is 0 Å². The van der Waals surface area contributed by atoms with Gasteiger partial charge in [-0.15, -0.1) is 22.7 Å². The van der Waals surface area contributed by atoms with E-state index < -0.39 is 0 Å². The molecule has 1 atom stereocenters. The molecular weight excluding hydrogens is 314 g/mol. The zero-order valence-corrected chi connectivity index (χ0v) is 13.2. The summed E-state index contributed by atoms with van der Waals surface area (Å²) in [4.78, 5) is 4.32. The van der Waals surface area contributed by atoms with Crippen LogP contribution in [0.25, 0.3) is 0 Å². The predicted molar refractivity (Wildman–Crippen MR) is 81.2 cm³/mol.